The maximum Gasteiger partial charge on any atom is 0.133 e. The predicted molar refractivity (Wildman–Crippen MR) is 100 cm³/mol. The summed E-state index contributed by atoms with van der Waals surface area (Å²) in [4.78, 5) is 4.27. The van der Waals surface area contributed by atoms with Crippen molar-refractivity contribution in [1.82, 2.24) is 4.98 Å². The van der Waals surface area contributed by atoms with Gasteiger partial charge < -0.3 is 5.11 Å². The van der Waals surface area contributed by atoms with Crippen molar-refractivity contribution in [2.24, 2.45) is 11.8 Å². The Kier molecular flexibility index (Phi) is 5.90. The van der Waals surface area contributed by atoms with E-state index in [-0.39, 0.29) is 5.75 Å². The van der Waals surface area contributed by atoms with Crippen molar-refractivity contribution in [3.8, 4) is 17.0 Å². The zero-order chi connectivity index (χ0) is 16.8. The fourth-order valence-electron chi connectivity index (χ4n) is 3.99. The van der Waals surface area contributed by atoms with E-state index < -0.39 is 0 Å². The van der Waals surface area contributed by atoms with Gasteiger partial charge in [-0.1, -0.05) is 69.7 Å². The van der Waals surface area contributed by atoms with Crippen LogP contribution in [-0.4, -0.2) is 10.1 Å². The van der Waals surface area contributed by atoms with Crippen LogP contribution in [-0.2, 0) is 6.42 Å². The minimum atomic E-state index is 0.212. The number of hydrogen-bond acceptors (Lipinski definition) is 2. The number of aromatic hydroxyl groups is 1. The molecule has 1 aliphatic carbocycles. The van der Waals surface area contributed by atoms with E-state index in [0.29, 0.717) is 0 Å². The maximum atomic E-state index is 9.33. The van der Waals surface area contributed by atoms with Crippen molar-refractivity contribution < 1.29 is 5.11 Å². The van der Waals surface area contributed by atoms with Crippen molar-refractivity contribution in [3.05, 3.63) is 48.2 Å². The van der Waals surface area contributed by atoms with E-state index in [1.54, 1.807) is 6.07 Å². The Labute approximate surface area is 146 Å². The van der Waals surface area contributed by atoms with Crippen molar-refractivity contribution in [1.29, 1.82) is 0 Å². The molecule has 1 aliphatic rings. The molecule has 24 heavy (non-hydrogen) atoms. The number of aromatic nitrogens is 1. The summed E-state index contributed by atoms with van der Waals surface area (Å²) < 4.78 is 0. The molecule has 1 aromatic heterocycles. The highest BCUT2D eigenvalue weighted by atomic mass is 16.3. The van der Waals surface area contributed by atoms with Crippen LogP contribution < -0.4 is 0 Å². The third kappa shape index (κ3) is 4.59. The van der Waals surface area contributed by atoms with Gasteiger partial charge in [-0.15, -0.1) is 0 Å². The van der Waals surface area contributed by atoms with Crippen LogP contribution in [0.5, 0.6) is 5.75 Å². The molecule has 1 aromatic carbocycles. The maximum absolute atomic E-state index is 9.33. The van der Waals surface area contributed by atoms with Gasteiger partial charge in [-0.3, -0.25) is 4.98 Å². The standard InChI is InChI=1S/C22H29NO/c1-2-3-17-4-6-18(7-5-17)8-9-19-10-12-20(13-11-19)22-15-14-21(24)16-23-22/h10-18,24H,2-9H2,1H3. The first-order chi connectivity index (χ1) is 11.7. The Morgan fingerprint density at radius 1 is 0.917 bits per heavy atom. The molecule has 2 heteroatoms. The Morgan fingerprint density at radius 2 is 1.58 bits per heavy atom. The number of nitrogens with zero attached hydrogens (tertiary/aromatic N) is 1. The highest BCUT2D eigenvalue weighted by molar-refractivity contribution is 5.59. The summed E-state index contributed by atoms with van der Waals surface area (Å²) in [6, 6.07) is 12.3. The second kappa shape index (κ2) is 8.32. The lowest BCUT2D eigenvalue weighted by atomic mass is 9.78. The molecule has 1 N–H and O–H groups in total. The van der Waals surface area contributed by atoms with Gasteiger partial charge in [0.05, 0.1) is 11.9 Å². The lowest BCUT2D eigenvalue weighted by Gasteiger charge is -2.28. The molecule has 0 unspecified atom stereocenters. The number of pyridine rings is 1. The summed E-state index contributed by atoms with van der Waals surface area (Å²) >= 11 is 0. The molecule has 1 saturated carbocycles. The fourth-order valence-corrected chi connectivity index (χ4v) is 3.99. The predicted octanol–water partition coefficient (Wildman–Crippen LogP) is 5.99. The SMILES string of the molecule is CCCC1CCC(CCc2ccc(-c3ccc(O)cn3)cc2)CC1. The van der Waals surface area contributed by atoms with Crippen LogP contribution in [0, 0.1) is 11.8 Å². The molecular formula is C22H29NO. The lowest BCUT2D eigenvalue weighted by molar-refractivity contribution is 0.252. The van der Waals surface area contributed by atoms with E-state index in [1.807, 2.05) is 6.07 Å². The summed E-state index contributed by atoms with van der Waals surface area (Å²) in [5, 5.41) is 9.33. The summed E-state index contributed by atoms with van der Waals surface area (Å²) in [5.41, 5.74) is 3.45. The van der Waals surface area contributed by atoms with E-state index in [4.69, 9.17) is 0 Å². The normalized spacial score (nSPS) is 20.9. The van der Waals surface area contributed by atoms with Crippen molar-refractivity contribution >= 4 is 0 Å². The third-order valence-corrected chi connectivity index (χ3v) is 5.50. The molecule has 2 aromatic rings. The van der Waals surface area contributed by atoms with Crippen molar-refractivity contribution in [2.45, 2.75) is 58.3 Å². The number of rotatable bonds is 6. The fraction of sp³-hybridized carbons (Fsp3) is 0.500. The average Bonchev–Trinajstić information content (AvgIpc) is 2.63. The monoisotopic (exact) mass is 323 g/mol. The molecule has 0 bridgehead atoms. The Morgan fingerprint density at radius 3 is 2.17 bits per heavy atom. The second-order valence-corrected chi connectivity index (χ2v) is 7.31. The molecule has 128 valence electrons. The van der Waals surface area contributed by atoms with Crippen LogP contribution in [0.1, 0.15) is 57.4 Å². The minimum Gasteiger partial charge on any atom is -0.506 e. The zero-order valence-electron chi connectivity index (χ0n) is 14.7. The van der Waals surface area contributed by atoms with Crippen LogP contribution in [0.15, 0.2) is 42.6 Å². The number of benzene rings is 1. The molecular weight excluding hydrogens is 294 g/mol. The van der Waals surface area contributed by atoms with E-state index in [0.717, 1.165) is 23.1 Å². The highest BCUT2D eigenvalue weighted by Gasteiger charge is 2.20. The second-order valence-electron chi connectivity index (χ2n) is 7.31. The molecule has 0 aliphatic heterocycles. The summed E-state index contributed by atoms with van der Waals surface area (Å²) in [6.45, 7) is 2.31. The van der Waals surface area contributed by atoms with Gasteiger partial charge in [0.25, 0.3) is 0 Å². The number of aryl methyl sites for hydroxylation is 1. The van der Waals surface area contributed by atoms with Crippen molar-refractivity contribution in [2.75, 3.05) is 0 Å². The summed E-state index contributed by atoms with van der Waals surface area (Å²) in [5.74, 6) is 2.14. The van der Waals surface area contributed by atoms with Gasteiger partial charge in [0.15, 0.2) is 0 Å². The van der Waals surface area contributed by atoms with Gasteiger partial charge >= 0.3 is 0 Å². The van der Waals surface area contributed by atoms with Gasteiger partial charge in [-0.2, -0.15) is 0 Å². The first kappa shape index (κ1) is 17.0. The molecule has 0 radical (unpaired) electrons. The molecule has 0 atom stereocenters. The quantitative estimate of drug-likeness (QED) is 0.708. The first-order valence-corrected chi connectivity index (χ1v) is 9.49. The van der Waals surface area contributed by atoms with E-state index in [2.05, 4.69) is 36.2 Å². The van der Waals surface area contributed by atoms with Crippen LogP contribution in [0.2, 0.25) is 0 Å². The summed E-state index contributed by atoms with van der Waals surface area (Å²) in [7, 11) is 0. The van der Waals surface area contributed by atoms with Gasteiger partial charge in [0.1, 0.15) is 5.75 Å². The summed E-state index contributed by atoms with van der Waals surface area (Å²) in [6.07, 6.45) is 12.5. The van der Waals surface area contributed by atoms with Crippen LogP contribution in [0.3, 0.4) is 0 Å². The zero-order valence-corrected chi connectivity index (χ0v) is 14.7. The topological polar surface area (TPSA) is 33.1 Å². The van der Waals surface area contributed by atoms with Gasteiger partial charge in [-0.05, 0) is 42.4 Å². The average molecular weight is 323 g/mol. The molecule has 0 spiro atoms. The van der Waals surface area contributed by atoms with Gasteiger partial charge in [0.2, 0.25) is 0 Å². The number of hydrogen-bond donors (Lipinski definition) is 1. The lowest BCUT2D eigenvalue weighted by Crippen LogP contribution is -2.15. The Bertz CT molecular complexity index is 609. The molecule has 0 amide bonds. The molecule has 0 saturated heterocycles. The van der Waals surface area contributed by atoms with Crippen molar-refractivity contribution in [3.63, 3.8) is 0 Å². The van der Waals surface area contributed by atoms with E-state index in [1.165, 1.54) is 63.1 Å². The molecule has 1 heterocycles. The van der Waals surface area contributed by atoms with E-state index >= 15 is 0 Å². The smallest absolute Gasteiger partial charge is 0.133 e. The molecule has 3 rings (SSSR count). The van der Waals surface area contributed by atoms with E-state index in [9.17, 15) is 5.11 Å². The van der Waals surface area contributed by atoms with Gasteiger partial charge in [-0.25, -0.2) is 0 Å². The molecule has 2 nitrogen and oxygen atoms in total. The van der Waals surface area contributed by atoms with Crippen LogP contribution in [0.25, 0.3) is 11.3 Å². The third-order valence-electron chi connectivity index (χ3n) is 5.50. The molecule has 1 fully saturated rings. The Balaban J connectivity index is 1.49. The Hall–Kier alpha value is -1.83. The van der Waals surface area contributed by atoms with Crippen LogP contribution >= 0.6 is 0 Å². The highest BCUT2D eigenvalue weighted by Crippen LogP contribution is 2.34. The first-order valence-electron chi connectivity index (χ1n) is 9.49. The minimum absolute atomic E-state index is 0.212. The van der Waals surface area contributed by atoms with Gasteiger partial charge in [0, 0.05) is 5.56 Å². The van der Waals surface area contributed by atoms with Crippen LogP contribution in [0.4, 0.5) is 0 Å². The largest absolute Gasteiger partial charge is 0.506 e.